The van der Waals surface area contributed by atoms with Gasteiger partial charge in [-0.05, 0) is 50.0 Å². The van der Waals surface area contributed by atoms with Gasteiger partial charge in [-0.2, -0.15) is 0 Å². The summed E-state index contributed by atoms with van der Waals surface area (Å²) in [6.07, 6.45) is 18.7. The molecule has 0 aliphatic heterocycles. The molecule has 0 bridgehead atoms. The molecule has 0 aromatic carbocycles. The first-order chi connectivity index (χ1) is 9.79. The summed E-state index contributed by atoms with van der Waals surface area (Å²) >= 11 is 0. The van der Waals surface area contributed by atoms with E-state index in [1.165, 1.54) is 82.6 Å². The summed E-state index contributed by atoms with van der Waals surface area (Å²) < 4.78 is 0. The first-order valence-electron chi connectivity index (χ1n) is 9.16. The number of aliphatic hydroxyl groups is 1. The van der Waals surface area contributed by atoms with Crippen molar-refractivity contribution in [1.29, 1.82) is 0 Å². The Balaban J connectivity index is 2.49. The molecule has 0 radical (unpaired) electrons. The molecule has 0 aromatic heterocycles. The highest BCUT2D eigenvalue weighted by atomic mass is 16.3. The van der Waals surface area contributed by atoms with Gasteiger partial charge in [0, 0.05) is 0 Å². The second kappa shape index (κ2) is 11.4. The molecule has 1 saturated carbocycles. The fourth-order valence-electron chi connectivity index (χ4n) is 3.38. The molecule has 1 heteroatoms. The molecule has 0 saturated heterocycles. The van der Waals surface area contributed by atoms with Gasteiger partial charge in [-0.25, -0.2) is 0 Å². The maximum Gasteiger partial charge on any atom is 0.0778 e. The zero-order valence-electron chi connectivity index (χ0n) is 13.9. The van der Waals surface area contributed by atoms with Gasteiger partial charge in [0.25, 0.3) is 0 Å². The molecule has 1 unspecified atom stereocenters. The maximum absolute atomic E-state index is 10.7. The van der Waals surface area contributed by atoms with E-state index in [0.29, 0.717) is 5.92 Å². The van der Waals surface area contributed by atoms with Crippen molar-refractivity contribution in [1.82, 2.24) is 0 Å². The highest BCUT2D eigenvalue weighted by Gasteiger charge is 2.24. The average Bonchev–Trinajstić information content (AvgIpc) is 2.50. The van der Waals surface area contributed by atoms with Crippen molar-refractivity contribution >= 4 is 0 Å². The van der Waals surface area contributed by atoms with Crippen LogP contribution in [0.3, 0.4) is 0 Å². The van der Waals surface area contributed by atoms with Crippen molar-refractivity contribution in [3.63, 3.8) is 0 Å². The lowest BCUT2D eigenvalue weighted by Crippen LogP contribution is -2.25. The Morgan fingerprint density at radius 3 is 2.30 bits per heavy atom. The smallest absolute Gasteiger partial charge is 0.0778 e. The lowest BCUT2D eigenvalue weighted by atomic mass is 9.81. The molecule has 118 valence electrons. The highest BCUT2D eigenvalue weighted by molar-refractivity contribution is 5.10. The molecule has 1 fully saturated rings. The molecule has 0 amide bonds. The molecule has 1 nitrogen and oxygen atoms in total. The van der Waals surface area contributed by atoms with Gasteiger partial charge in [0.1, 0.15) is 0 Å². The van der Waals surface area contributed by atoms with Gasteiger partial charge in [-0.3, -0.25) is 0 Å². The predicted octanol–water partition coefficient (Wildman–Crippen LogP) is 6.01. The normalized spacial score (nSPS) is 19.2. The van der Waals surface area contributed by atoms with E-state index in [1.54, 1.807) is 0 Å². The van der Waals surface area contributed by atoms with Crippen LogP contribution >= 0.6 is 0 Å². The van der Waals surface area contributed by atoms with E-state index in [2.05, 4.69) is 19.9 Å². The van der Waals surface area contributed by atoms with Gasteiger partial charge in [-0.1, -0.05) is 64.9 Å². The van der Waals surface area contributed by atoms with Crippen molar-refractivity contribution < 1.29 is 5.11 Å². The molecule has 1 rings (SSSR count). The number of hydrogen-bond donors (Lipinski definition) is 1. The summed E-state index contributed by atoms with van der Waals surface area (Å²) in [5.41, 5.74) is 1.36. The minimum atomic E-state index is -0.145. The minimum absolute atomic E-state index is 0.145. The molecule has 1 N–H and O–H groups in total. The zero-order chi connectivity index (χ0) is 14.6. The molecule has 0 spiro atoms. The monoisotopic (exact) mass is 280 g/mol. The van der Waals surface area contributed by atoms with Crippen LogP contribution in [0.15, 0.2) is 11.6 Å². The molecular weight excluding hydrogens is 244 g/mol. The third-order valence-corrected chi connectivity index (χ3v) is 4.76. The lowest BCUT2D eigenvalue weighted by molar-refractivity contribution is 0.111. The van der Waals surface area contributed by atoms with Crippen molar-refractivity contribution in [3.8, 4) is 0 Å². The van der Waals surface area contributed by atoms with E-state index in [9.17, 15) is 5.11 Å². The summed E-state index contributed by atoms with van der Waals surface area (Å²) in [5, 5.41) is 10.7. The third kappa shape index (κ3) is 6.92. The van der Waals surface area contributed by atoms with Crippen LogP contribution in [0.2, 0.25) is 0 Å². The summed E-state index contributed by atoms with van der Waals surface area (Å²) in [6.45, 7) is 4.50. The highest BCUT2D eigenvalue weighted by Crippen LogP contribution is 2.31. The Kier molecular flexibility index (Phi) is 10.1. The Morgan fingerprint density at radius 2 is 1.65 bits per heavy atom. The lowest BCUT2D eigenvalue weighted by Gasteiger charge is -2.28. The van der Waals surface area contributed by atoms with Gasteiger partial charge in [0.2, 0.25) is 0 Å². The number of aliphatic hydroxyl groups excluding tert-OH is 1. The third-order valence-electron chi connectivity index (χ3n) is 4.76. The first-order valence-corrected chi connectivity index (χ1v) is 9.16. The maximum atomic E-state index is 10.7. The van der Waals surface area contributed by atoms with Crippen LogP contribution in [-0.4, -0.2) is 11.2 Å². The molecule has 1 aliphatic carbocycles. The fourth-order valence-corrected chi connectivity index (χ4v) is 3.38. The van der Waals surface area contributed by atoms with Crippen LogP contribution in [0.4, 0.5) is 0 Å². The quantitative estimate of drug-likeness (QED) is 0.383. The Morgan fingerprint density at radius 1 is 1.00 bits per heavy atom. The number of unbranched alkanes of at least 4 members (excludes halogenated alkanes) is 5. The van der Waals surface area contributed by atoms with Crippen molar-refractivity contribution in [2.24, 2.45) is 5.92 Å². The zero-order valence-corrected chi connectivity index (χ0v) is 13.9. The van der Waals surface area contributed by atoms with E-state index in [0.717, 1.165) is 6.42 Å². The van der Waals surface area contributed by atoms with Crippen LogP contribution in [0.1, 0.15) is 97.3 Å². The summed E-state index contributed by atoms with van der Waals surface area (Å²) in [5.74, 6) is 0.544. The Hall–Kier alpha value is -0.300. The second-order valence-electron chi connectivity index (χ2n) is 6.57. The van der Waals surface area contributed by atoms with Gasteiger partial charge >= 0.3 is 0 Å². The molecule has 1 aliphatic rings. The van der Waals surface area contributed by atoms with Crippen molar-refractivity contribution in [2.45, 2.75) is 103 Å². The molecule has 0 heterocycles. The standard InChI is InChI=1S/C19H36O/c1-3-5-7-10-14-17(13-9-6-4-2)19(20)18-15-11-8-12-16-18/h14,18-20H,3-13,15-16H2,1-2H3/b17-14+. The molecule has 0 aromatic rings. The molecular formula is C19H36O. The van der Waals surface area contributed by atoms with Gasteiger partial charge in [0.05, 0.1) is 6.10 Å². The number of allylic oxidation sites excluding steroid dienone is 1. The predicted molar refractivity (Wildman–Crippen MR) is 88.9 cm³/mol. The molecule has 1 atom stereocenters. The van der Waals surface area contributed by atoms with Gasteiger partial charge < -0.3 is 5.11 Å². The van der Waals surface area contributed by atoms with E-state index in [4.69, 9.17) is 0 Å². The molecule has 20 heavy (non-hydrogen) atoms. The van der Waals surface area contributed by atoms with E-state index in [-0.39, 0.29) is 6.10 Å². The second-order valence-corrected chi connectivity index (χ2v) is 6.57. The van der Waals surface area contributed by atoms with Crippen LogP contribution in [0.5, 0.6) is 0 Å². The number of rotatable bonds is 10. The van der Waals surface area contributed by atoms with Crippen molar-refractivity contribution in [2.75, 3.05) is 0 Å². The van der Waals surface area contributed by atoms with E-state index >= 15 is 0 Å². The van der Waals surface area contributed by atoms with Crippen molar-refractivity contribution in [3.05, 3.63) is 11.6 Å². The summed E-state index contributed by atoms with van der Waals surface area (Å²) in [4.78, 5) is 0. The average molecular weight is 280 g/mol. The Bertz CT molecular complexity index is 250. The van der Waals surface area contributed by atoms with Gasteiger partial charge in [-0.15, -0.1) is 0 Å². The van der Waals surface area contributed by atoms with E-state index in [1.807, 2.05) is 0 Å². The van der Waals surface area contributed by atoms with Crippen LogP contribution in [0.25, 0.3) is 0 Å². The summed E-state index contributed by atoms with van der Waals surface area (Å²) in [7, 11) is 0. The number of hydrogen-bond acceptors (Lipinski definition) is 1. The first kappa shape index (κ1) is 17.8. The van der Waals surface area contributed by atoms with Crippen LogP contribution in [0, 0.1) is 5.92 Å². The van der Waals surface area contributed by atoms with Crippen LogP contribution < -0.4 is 0 Å². The minimum Gasteiger partial charge on any atom is -0.388 e. The van der Waals surface area contributed by atoms with Crippen LogP contribution in [-0.2, 0) is 0 Å². The van der Waals surface area contributed by atoms with Gasteiger partial charge in [0.15, 0.2) is 0 Å². The fraction of sp³-hybridized carbons (Fsp3) is 0.895. The summed E-state index contributed by atoms with van der Waals surface area (Å²) in [6, 6.07) is 0. The SMILES string of the molecule is CCCCC/C=C(\CCCCC)C(O)C1CCCCC1. The Labute approximate surface area is 126 Å². The topological polar surface area (TPSA) is 20.2 Å². The van der Waals surface area contributed by atoms with E-state index < -0.39 is 0 Å². The largest absolute Gasteiger partial charge is 0.388 e.